The molecule has 0 aliphatic heterocycles. The van der Waals surface area contributed by atoms with Crippen molar-refractivity contribution in [3.8, 4) is 0 Å². The molecule has 2 atom stereocenters. The van der Waals surface area contributed by atoms with Crippen LogP contribution in [0, 0.1) is 0 Å². The molecule has 0 heterocycles. The minimum Gasteiger partial charge on any atom is -0.466 e. The number of nitrogens with one attached hydrogen (secondary N) is 1. The Kier molecular flexibility index (Phi) is 57.5. The van der Waals surface area contributed by atoms with Crippen molar-refractivity contribution in [2.45, 2.75) is 353 Å². The van der Waals surface area contributed by atoms with E-state index in [4.69, 9.17) is 4.74 Å². The molecule has 0 radical (unpaired) electrons. The smallest absolute Gasteiger partial charge is 0.305 e. The van der Waals surface area contributed by atoms with E-state index < -0.39 is 12.1 Å². The lowest BCUT2D eigenvalue weighted by Crippen LogP contribution is -2.45. The highest BCUT2D eigenvalue weighted by molar-refractivity contribution is 5.76. The van der Waals surface area contributed by atoms with Crippen LogP contribution in [0.15, 0.2) is 24.3 Å². The molecule has 0 rings (SSSR count). The van der Waals surface area contributed by atoms with Crippen LogP contribution in [-0.4, -0.2) is 47.4 Å². The van der Waals surface area contributed by atoms with Crippen LogP contribution in [-0.2, 0) is 14.3 Å². The molecule has 0 aromatic rings. The van der Waals surface area contributed by atoms with Crippen molar-refractivity contribution in [2.75, 3.05) is 13.2 Å². The Labute approximate surface area is 431 Å². The number of unbranched alkanes of at least 4 members (excludes halogenated alkanes) is 45. The fraction of sp³-hybridized carbons (Fsp3) is 0.905. The molecule has 0 aliphatic rings. The third kappa shape index (κ3) is 55.5. The number of aliphatic hydroxyl groups is 2. The largest absolute Gasteiger partial charge is 0.466 e. The number of aliphatic hydroxyl groups excluding tert-OH is 2. The van der Waals surface area contributed by atoms with E-state index in [-0.39, 0.29) is 18.5 Å². The zero-order chi connectivity index (χ0) is 50.0. The summed E-state index contributed by atoms with van der Waals surface area (Å²) in [5, 5.41) is 23.2. The Morgan fingerprint density at radius 1 is 0.391 bits per heavy atom. The van der Waals surface area contributed by atoms with E-state index in [1.165, 1.54) is 257 Å². The van der Waals surface area contributed by atoms with Crippen LogP contribution in [0.25, 0.3) is 0 Å². The molecular weight excluding hydrogens is 851 g/mol. The first-order valence-electron chi connectivity index (χ1n) is 31.1. The van der Waals surface area contributed by atoms with Gasteiger partial charge in [0, 0.05) is 12.8 Å². The first-order chi connectivity index (χ1) is 34.0. The van der Waals surface area contributed by atoms with Crippen molar-refractivity contribution in [1.29, 1.82) is 0 Å². The van der Waals surface area contributed by atoms with Gasteiger partial charge in [-0.05, 0) is 57.8 Å². The van der Waals surface area contributed by atoms with Crippen molar-refractivity contribution in [2.24, 2.45) is 0 Å². The van der Waals surface area contributed by atoms with Crippen molar-refractivity contribution in [3.63, 3.8) is 0 Å². The number of hydrogen-bond acceptors (Lipinski definition) is 5. The van der Waals surface area contributed by atoms with Gasteiger partial charge in [-0.3, -0.25) is 9.59 Å². The summed E-state index contributed by atoms with van der Waals surface area (Å²) >= 11 is 0. The third-order valence-corrected chi connectivity index (χ3v) is 14.5. The van der Waals surface area contributed by atoms with E-state index in [0.717, 1.165) is 57.8 Å². The second-order valence-electron chi connectivity index (χ2n) is 21.4. The monoisotopic (exact) mass is 972 g/mol. The van der Waals surface area contributed by atoms with Gasteiger partial charge < -0.3 is 20.3 Å². The van der Waals surface area contributed by atoms with Crippen LogP contribution >= 0.6 is 0 Å². The molecular formula is C63H121NO5. The maximum absolute atomic E-state index is 12.5. The summed E-state index contributed by atoms with van der Waals surface area (Å²) in [5.74, 6) is -0.0740. The second kappa shape index (κ2) is 58.9. The zero-order valence-electron chi connectivity index (χ0n) is 46.6. The molecule has 0 aliphatic carbocycles. The van der Waals surface area contributed by atoms with Gasteiger partial charge in [0.25, 0.3) is 0 Å². The summed E-state index contributed by atoms with van der Waals surface area (Å²) in [6, 6.07) is -0.638. The number of rotatable bonds is 58. The summed E-state index contributed by atoms with van der Waals surface area (Å²) in [6.45, 7) is 4.92. The predicted octanol–water partition coefficient (Wildman–Crippen LogP) is 19.4. The van der Waals surface area contributed by atoms with Crippen molar-refractivity contribution in [1.82, 2.24) is 5.32 Å². The minimum atomic E-state index is -0.853. The molecule has 3 N–H and O–H groups in total. The molecule has 408 valence electrons. The van der Waals surface area contributed by atoms with Gasteiger partial charge >= 0.3 is 5.97 Å². The summed E-state index contributed by atoms with van der Waals surface area (Å²) in [4.78, 5) is 24.5. The number of esters is 1. The minimum absolute atomic E-state index is 0.00549. The van der Waals surface area contributed by atoms with Crippen LogP contribution in [0.3, 0.4) is 0 Å². The molecule has 0 saturated carbocycles. The standard InChI is InChI=1S/C63H121NO5/c1-3-5-7-9-11-13-15-17-19-20-21-24-28-31-35-39-43-47-51-55-61(66)60(59-65)64-62(67)56-52-48-44-40-36-32-29-25-22-23-26-30-34-38-42-46-50-54-58-69-63(68)57-53-49-45-41-37-33-27-18-16-14-12-10-8-6-4-2/h25,29,51,55,60-61,65-66H,3-24,26-28,30-50,52-54,56-59H2,1-2H3,(H,64,67)/b29-25-,55-51+. The quantitative estimate of drug-likeness (QED) is 0.0321. The van der Waals surface area contributed by atoms with Crippen LogP contribution in [0.4, 0.5) is 0 Å². The highest BCUT2D eigenvalue weighted by Crippen LogP contribution is 2.17. The Balaban J connectivity index is 3.47. The summed E-state index contributed by atoms with van der Waals surface area (Å²) in [7, 11) is 0. The van der Waals surface area contributed by atoms with Gasteiger partial charge in [0.15, 0.2) is 0 Å². The number of ether oxygens (including phenoxy) is 1. The SMILES string of the molecule is CCCCCCCCCCCCCCCCCCC/C=C/C(O)C(CO)NC(=O)CCCCCCC/C=C\CCCCCCCCCCCOC(=O)CCCCCCCCCCCCCCCCC. The topological polar surface area (TPSA) is 95.9 Å². The average molecular weight is 973 g/mol. The van der Waals surface area contributed by atoms with Gasteiger partial charge in [-0.1, -0.05) is 295 Å². The lowest BCUT2D eigenvalue weighted by molar-refractivity contribution is -0.143. The molecule has 69 heavy (non-hydrogen) atoms. The lowest BCUT2D eigenvalue weighted by Gasteiger charge is -2.20. The third-order valence-electron chi connectivity index (χ3n) is 14.5. The van der Waals surface area contributed by atoms with Crippen molar-refractivity contribution in [3.05, 3.63) is 24.3 Å². The van der Waals surface area contributed by atoms with Crippen LogP contribution < -0.4 is 5.32 Å². The Morgan fingerprint density at radius 2 is 0.681 bits per heavy atom. The molecule has 0 bridgehead atoms. The van der Waals surface area contributed by atoms with Crippen molar-refractivity contribution >= 4 is 11.9 Å². The van der Waals surface area contributed by atoms with E-state index in [2.05, 4.69) is 31.3 Å². The number of amides is 1. The Hall–Kier alpha value is -1.66. The first-order valence-corrected chi connectivity index (χ1v) is 31.1. The van der Waals surface area contributed by atoms with Crippen LogP contribution in [0.5, 0.6) is 0 Å². The van der Waals surface area contributed by atoms with Crippen LogP contribution in [0.1, 0.15) is 341 Å². The van der Waals surface area contributed by atoms with Gasteiger partial charge in [-0.2, -0.15) is 0 Å². The molecule has 2 unspecified atom stereocenters. The van der Waals surface area contributed by atoms with Crippen LogP contribution in [0.2, 0.25) is 0 Å². The zero-order valence-corrected chi connectivity index (χ0v) is 46.6. The van der Waals surface area contributed by atoms with E-state index in [0.29, 0.717) is 19.4 Å². The molecule has 0 aromatic carbocycles. The summed E-state index contributed by atoms with van der Waals surface area (Å²) in [5.41, 5.74) is 0. The van der Waals surface area contributed by atoms with Gasteiger partial charge in [0.1, 0.15) is 0 Å². The van der Waals surface area contributed by atoms with E-state index in [9.17, 15) is 19.8 Å². The molecule has 0 fully saturated rings. The molecule has 1 amide bonds. The van der Waals surface area contributed by atoms with Crippen molar-refractivity contribution < 1.29 is 24.5 Å². The Morgan fingerprint density at radius 3 is 1.03 bits per heavy atom. The Bertz CT molecular complexity index is 1080. The number of carbonyl (C=O) groups excluding carboxylic acids is 2. The van der Waals surface area contributed by atoms with Gasteiger partial charge in [-0.25, -0.2) is 0 Å². The molecule has 6 heteroatoms. The molecule has 0 aromatic heterocycles. The molecule has 6 nitrogen and oxygen atoms in total. The van der Waals surface area contributed by atoms with E-state index >= 15 is 0 Å². The average Bonchev–Trinajstić information content (AvgIpc) is 3.35. The highest BCUT2D eigenvalue weighted by atomic mass is 16.5. The maximum atomic E-state index is 12.5. The van der Waals surface area contributed by atoms with Gasteiger partial charge in [0.05, 0.1) is 25.4 Å². The lowest BCUT2D eigenvalue weighted by atomic mass is 10.0. The summed E-state index contributed by atoms with van der Waals surface area (Å²) < 4.78 is 5.48. The highest BCUT2D eigenvalue weighted by Gasteiger charge is 2.18. The molecule has 0 spiro atoms. The molecule has 0 saturated heterocycles. The normalized spacial score (nSPS) is 12.7. The fourth-order valence-corrected chi connectivity index (χ4v) is 9.69. The van der Waals surface area contributed by atoms with E-state index in [1.54, 1.807) is 6.08 Å². The predicted molar refractivity (Wildman–Crippen MR) is 301 cm³/mol. The maximum Gasteiger partial charge on any atom is 0.305 e. The number of allylic oxidation sites excluding steroid dienone is 3. The number of hydrogen-bond donors (Lipinski definition) is 3. The fourth-order valence-electron chi connectivity index (χ4n) is 9.69. The van der Waals surface area contributed by atoms with Gasteiger partial charge in [0.2, 0.25) is 5.91 Å². The van der Waals surface area contributed by atoms with E-state index in [1.807, 2.05) is 6.08 Å². The van der Waals surface area contributed by atoms with Gasteiger partial charge in [-0.15, -0.1) is 0 Å². The summed E-state index contributed by atoms with van der Waals surface area (Å²) in [6.07, 6.45) is 72.1. The first kappa shape index (κ1) is 67.3. The second-order valence-corrected chi connectivity index (χ2v) is 21.4. The number of carbonyl (C=O) groups is 2.